The van der Waals surface area contributed by atoms with E-state index < -0.39 is 11.0 Å². The highest BCUT2D eigenvalue weighted by atomic mass is 16.6. The van der Waals surface area contributed by atoms with Gasteiger partial charge in [-0.25, -0.2) is 0 Å². The molecule has 0 spiro atoms. The zero-order valence-electron chi connectivity index (χ0n) is 13.8. The second-order valence-electron chi connectivity index (χ2n) is 6.27. The van der Waals surface area contributed by atoms with E-state index in [-0.39, 0.29) is 17.7 Å². The Morgan fingerprint density at radius 2 is 2.33 bits per heavy atom. The number of hydrogen-bond acceptors (Lipinski definition) is 5. The lowest BCUT2D eigenvalue weighted by atomic mass is 10.1. The predicted molar refractivity (Wildman–Crippen MR) is 88.2 cm³/mol. The SMILES string of the molecule is CC(OCC1CCCCO1)C(=O)N1CCc2cc([N+](=O)[O-])ccc21. The quantitative estimate of drug-likeness (QED) is 0.610. The van der Waals surface area contributed by atoms with Crippen LogP contribution >= 0.6 is 0 Å². The number of nitrogens with zero attached hydrogens (tertiary/aromatic N) is 2. The summed E-state index contributed by atoms with van der Waals surface area (Å²) in [6.07, 6.45) is 3.33. The average molecular weight is 334 g/mol. The van der Waals surface area contributed by atoms with Crippen LogP contribution in [0.2, 0.25) is 0 Å². The molecular formula is C17H22N2O5. The number of fused-ring (bicyclic) bond motifs is 1. The van der Waals surface area contributed by atoms with Gasteiger partial charge in [-0.15, -0.1) is 0 Å². The van der Waals surface area contributed by atoms with Gasteiger partial charge in [-0.2, -0.15) is 0 Å². The van der Waals surface area contributed by atoms with Crippen LogP contribution < -0.4 is 4.90 Å². The van der Waals surface area contributed by atoms with Crippen molar-refractivity contribution in [1.82, 2.24) is 0 Å². The minimum absolute atomic E-state index is 0.0572. The molecule has 0 aliphatic carbocycles. The van der Waals surface area contributed by atoms with Crippen molar-refractivity contribution in [2.24, 2.45) is 0 Å². The maximum atomic E-state index is 12.6. The number of non-ortho nitro benzene ring substituents is 1. The molecule has 1 amide bonds. The summed E-state index contributed by atoms with van der Waals surface area (Å²) in [5, 5.41) is 10.9. The number of nitro benzene ring substituents is 1. The smallest absolute Gasteiger partial charge is 0.269 e. The molecule has 2 aliphatic rings. The Labute approximate surface area is 140 Å². The molecule has 0 radical (unpaired) electrons. The Hall–Kier alpha value is -1.99. The van der Waals surface area contributed by atoms with Crippen LogP contribution in [0.1, 0.15) is 31.7 Å². The third-order valence-electron chi connectivity index (χ3n) is 4.59. The van der Waals surface area contributed by atoms with E-state index in [1.807, 2.05) is 0 Å². The number of ether oxygens (including phenoxy) is 2. The third-order valence-corrected chi connectivity index (χ3v) is 4.59. The molecule has 0 N–H and O–H groups in total. The van der Waals surface area contributed by atoms with Gasteiger partial charge in [0.2, 0.25) is 0 Å². The van der Waals surface area contributed by atoms with E-state index in [0.29, 0.717) is 19.6 Å². The van der Waals surface area contributed by atoms with Crippen molar-refractivity contribution in [3.63, 3.8) is 0 Å². The largest absolute Gasteiger partial charge is 0.376 e. The number of rotatable bonds is 5. The maximum absolute atomic E-state index is 12.6. The summed E-state index contributed by atoms with van der Waals surface area (Å²) in [7, 11) is 0. The van der Waals surface area contributed by atoms with E-state index >= 15 is 0 Å². The standard InChI is InChI=1S/C17H22N2O5/c1-12(24-11-15-4-2-3-9-23-15)17(20)18-8-7-13-10-14(19(21)22)5-6-16(13)18/h5-6,10,12,15H,2-4,7-9,11H2,1H3. The normalized spacial score (nSPS) is 21.4. The second-order valence-corrected chi connectivity index (χ2v) is 6.27. The molecule has 7 nitrogen and oxygen atoms in total. The summed E-state index contributed by atoms with van der Waals surface area (Å²) in [6, 6.07) is 4.63. The molecule has 0 aromatic heterocycles. The van der Waals surface area contributed by atoms with Crippen molar-refractivity contribution in [3.05, 3.63) is 33.9 Å². The molecule has 1 aromatic rings. The monoisotopic (exact) mass is 334 g/mol. The number of benzene rings is 1. The molecule has 0 bridgehead atoms. The lowest BCUT2D eigenvalue weighted by molar-refractivity contribution is -0.384. The Balaban J connectivity index is 1.61. The highest BCUT2D eigenvalue weighted by Crippen LogP contribution is 2.31. The summed E-state index contributed by atoms with van der Waals surface area (Å²) in [6.45, 7) is 3.46. The summed E-state index contributed by atoms with van der Waals surface area (Å²) in [5.41, 5.74) is 1.64. The highest BCUT2D eigenvalue weighted by molar-refractivity contribution is 5.98. The van der Waals surface area contributed by atoms with Gasteiger partial charge in [-0.1, -0.05) is 0 Å². The van der Waals surface area contributed by atoms with Crippen molar-refractivity contribution in [2.75, 3.05) is 24.7 Å². The van der Waals surface area contributed by atoms with Crippen molar-refractivity contribution in [3.8, 4) is 0 Å². The molecule has 7 heteroatoms. The van der Waals surface area contributed by atoms with Crippen LogP contribution in [-0.2, 0) is 20.7 Å². The van der Waals surface area contributed by atoms with Crippen molar-refractivity contribution in [2.45, 2.75) is 44.8 Å². The van der Waals surface area contributed by atoms with Gasteiger partial charge in [-0.05, 0) is 44.2 Å². The van der Waals surface area contributed by atoms with Crippen LogP contribution in [0.25, 0.3) is 0 Å². The van der Waals surface area contributed by atoms with E-state index in [1.165, 1.54) is 6.07 Å². The summed E-state index contributed by atoms with van der Waals surface area (Å²) >= 11 is 0. The number of hydrogen-bond donors (Lipinski definition) is 0. The second kappa shape index (κ2) is 7.27. The Kier molecular flexibility index (Phi) is 5.11. The molecular weight excluding hydrogens is 312 g/mol. The number of anilines is 1. The van der Waals surface area contributed by atoms with Gasteiger partial charge in [-0.3, -0.25) is 14.9 Å². The number of amides is 1. The van der Waals surface area contributed by atoms with E-state index in [1.54, 1.807) is 24.0 Å². The van der Waals surface area contributed by atoms with Crippen LogP contribution in [0, 0.1) is 10.1 Å². The molecule has 3 rings (SSSR count). The zero-order valence-corrected chi connectivity index (χ0v) is 13.8. The molecule has 1 saturated heterocycles. The fourth-order valence-corrected chi connectivity index (χ4v) is 3.21. The molecule has 2 heterocycles. The average Bonchev–Trinajstić information content (AvgIpc) is 3.03. The van der Waals surface area contributed by atoms with Crippen LogP contribution in [0.5, 0.6) is 0 Å². The molecule has 0 saturated carbocycles. The maximum Gasteiger partial charge on any atom is 0.269 e. The first-order chi connectivity index (χ1) is 11.6. The van der Waals surface area contributed by atoms with Crippen molar-refractivity contribution >= 4 is 17.3 Å². The van der Waals surface area contributed by atoms with Crippen LogP contribution in [-0.4, -0.2) is 42.8 Å². The fraction of sp³-hybridized carbons (Fsp3) is 0.588. The molecule has 130 valence electrons. The molecule has 1 fully saturated rings. The first-order valence-electron chi connectivity index (χ1n) is 8.38. The van der Waals surface area contributed by atoms with Crippen LogP contribution in [0.15, 0.2) is 18.2 Å². The van der Waals surface area contributed by atoms with Crippen molar-refractivity contribution < 1.29 is 19.2 Å². The Morgan fingerprint density at radius 3 is 3.04 bits per heavy atom. The van der Waals surface area contributed by atoms with Crippen molar-refractivity contribution in [1.29, 1.82) is 0 Å². The fourth-order valence-electron chi connectivity index (χ4n) is 3.21. The van der Waals surface area contributed by atoms with Crippen LogP contribution in [0.4, 0.5) is 11.4 Å². The number of carbonyl (C=O) groups is 1. The Bertz CT molecular complexity index is 627. The third kappa shape index (κ3) is 3.57. The van der Waals surface area contributed by atoms with Crippen LogP contribution in [0.3, 0.4) is 0 Å². The number of nitro groups is 1. The lowest BCUT2D eigenvalue weighted by Gasteiger charge is -2.26. The molecule has 2 atom stereocenters. The summed E-state index contributed by atoms with van der Waals surface area (Å²) < 4.78 is 11.3. The molecule has 2 unspecified atom stereocenters. The van der Waals surface area contributed by atoms with Gasteiger partial charge in [0.15, 0.2) is 0 Å². The predicted octanol–water partition coefficient (Wildman–Crippen LogP) is 2.46. The van der Waals surface area contributed by atoms with Gasteiger partial charge < -0.3 is 14.4 Å². The molecule has 2 aliphatic heterocycles. The topological polar surface area (TPSA) is 81.9 Å². The highest BCUT2D eigenvalue weighted by Gasteiger charge is 2.30. The zero-order chi connectivity index (χ0) is 17.1. The van der Waals surface area contributed by atoms with E-state index in [9.17, 15) is 14.9 Å². The summed E-state index contributed by atoms with van der Waals surface area (Å²) in [5.74, 6) is -0.113. The van der Waals surface area contributed by atoms with Gasteiger partial charge in [0.25, 0.3) is 11.6 Å². The van der Waals surface area contributed by atoms with E-state index in [4.69, 9.17) is 9.47 Å². The first-order valence-corrected chi connectivity index (χ1v) is 8.38. The minimum atomic E-state index is -0.559. The van der Waals surface area contributed by atoms with Gasteiger partial charge in [0.05, 0.1) is 17.6 Å². The van der Waals surface area contributed by atoms with E-state index in [2.05, 4.69) is 0 Å². The first kappa shape index (κ1) is 16.9. The lowest BCUT2D eigenvalue weighted by Crippen LogP contribution is -2.39. The molecule has 24 heavy (non-hydrogen) atoms. The summed E-state index contributed by atoms with van der Waals surface area (Å²) in [4.78, 5) is 24.7. The number of carbonyl (C=O) groups excluding carboxylic acids is 1. The minimum Gasteiger partial charge on any atom is -0.376 e. The van der Waals surface area contributed by atoms with E-state index in [0.717, 1.165) is 37.1 Å². The van der Waals surface area contributed by atoms with Gasteiger partial charge in [0.1, 0.15) is 6.10 Å². The van der Waals surface area contributed by atoms with Gasteiger partial charge in [0, 0.05) is 31.0 Å². The van der Waals surface area contributed by atoms with Gasteiger partial charge >= 0.3 is 0 Å². The Morgan fingerprint density at radius 1 is 1.50 bits per heavy atom. The molecule has 1 aromatic carbocycles.